The zero-order valence-electron chi connectivity index (χ0n) is 19.6. The molecule has 2 aliphatic heterocycles. The van der Waals surface area contributed by atoms with Crippen LogP contribution in [-0.4, -0.2) is 38.6 Å². The Morgan fingerprint density at radius 1 is 0.788 bits per heavy atom. The predicted octanol–water partition coefficient (Wildman–Crippen LogP) is 6.24. The summed E-state index contributed by atoms with van der Waals surface area (Å²) in [6.07, 6.45) is 12.0. The zero-order valence-corrected chi connectivity index (χ0v) is 19.6. The molecule has 2 atom stereocenters. The van der Waals surface area contributed by atoms with Gasteiger partial charge in [0.15, 0.2) is 0 Å². The summed E-state index contributed by atoms with van der Waals surface area (Å²) in [5.41, 5.74) is 6.69. The molecule has 2 saturated heterocycles. The molecule has 2 aromatic rings. The Morgan fingerprint density at radius 3 is 2.06 bits per heavy atom. The van der Waals surface area contributed by atoms with E-state index in [0.29, 0.717) is 13.2 Å². The van der Waals surface area contributed by atoms with E-state index in [4.69, 9.17) is 18.9 Å². The van der Waals surface area contributed by atoms with Gasteiger partial charge in [0.1, 0.15) is 36.9 Å². The van der Waals surface area contributed by atoms with Crippen molar-refractivity contribution in [2.75, 3.05) is 26.4 Å². The fourth-order valence-electron chi connectivity index (χ4n) is 4.25. The van der Waals surface area contributed by atoms with Crippen molar-refractivity contribution in [2.24, 2.45) is 0 Å². The molecule has 0 N–H and O–H groups in total. The highest BCUT2D eigenvalue weighted by Crippen LogP contribution is 2.34. The fraction of sp³-hybridized carbons (Fsp3) is 0.448. The molecule has 3 aliphatic rings. The van der Waals surface area contributed by atoms with Gasteiger partial charge in [-0.05, 0) is 77.8 Å². The maximum absolute atomic E-state index is 6.08. The first-order valence-corrected chi connectivity index (χ1v) is 12.4. The molecular formula is C29H34O4. The summed E-state index contributed by atoms with van der Waals surface area (Å²) < 4.78 is 22.4. The van der Waals surface area contributed by atoms with E-state index in [0.717, 1.165) is 44.0 Å². The first kappa shape index (κ1) is 22.2. The van der Waals surface area contributed by atoms with Crippen LogP contribution in [0.15, 0.2) is 54.6 Å². The minimum absolute atomic E-state index is 0.283. The molecule has 2 aromatic carbocycles. The van der Waals surface area contributed by atoms with E-state index < -0.39 is 0 Å². The van der Waals surface area contributed by atoms with Crippen molar-refractivity contribution in [2.45, 2.75) is 57.7 Å². The summed E-state index contributed by atoms with van der Waals surface area (Å²) in [6.45, 7) is 5.21. The lowest BCUT2D eigenvalue weighted by atomic mass is 9.89. The number of hydrogen-bond donors (Lipinski definition) is 0. The highest BCUT2D eigenvalue weighted by Gasteiger charge is 2.24. The molecule has 2 heterocycles. The van der Waals surface area contributed by atoms with Gasteiger partial charge >= 0.3 is 0 Å². The van der Waals surface area contributed by atoms with Crippen LogP contribution in [0.3, 0.4) is 0 Å². The number of unbranched alkanes of at least 4 members (excludes halogenated alkanes) is 2. The minimum Gasteiger partial charge on any atom is -0.491 e. The third kappa shape index (κ3) is 6.27. The first-order valence-electron chi connectivity index (χ1n) is 12.4. The lowest BCUT2D eigenvalue weighted by molar-refractivity contribution is 0.261. The second-order valence-electron chi connectivity index (χ2n) is 9.20. The number of ether oxygens (including phenoxy) is 4. The number of hydrogen-bond acceptors (Lipinski definition) is 4. The van der Waals surface area contributed by atoms with Crippen LogP contribution in [0.5, 0.6) is 11.5 Å². The van der Waals surface area contributed by atoms with Crippen molar-refractivity contribution < 1.29 is 18.9 Å². The van der Waals surface area contributed by atoms with Gasteiger partial charge in [0.25, 0.3) is 0 Å². The van der Waals surface area contributed by atoms with E-state index in [2.05, 4.69) is 61.5 Å². The molecule has 0 spiro atoms. The predicted molar refractivity (Wildman–Crippen MR) is 132 cm³/mol. The smallest absolute Gasteiger partial charge is 0.122 e. The minimum atomic E-state index is 0.283. The standard InChI is InChI=1S/C29H34O4/c1-2-3-4-5-25-16-24(12-15-29(25)33-20-28-19-32-28)23-8-6-21(7-9-23)22-10-13-26(14-11-22)30-17-27-18-31-27/h6,9-16,27-28H,2-5,7-8,17-20H2,1H3. The summed E-state index contributed by atoms with van der Waals surface area (Å²) in [6, 6.07) is 15.2. The maximum Gasteiger partial charge on any atom is 0.122 e. The Hall–Kier alpha value is -2.56. The quantitative estimate of drug-likeness (QED) is 0.286. The summed E-state index contributed by atoms with van der Waals surface area (Å²) in [4.78, 5) is 0. The molecule has 174 valence electrons. The van der Waals surface area contributed by atoms with Crippen LogP contribution in [0.1, 0.15) is 55.7 Å². The van der Waals surface area contributed by atoms with Gasteiger partial charge in [0.05, 0.1) is 13.2 Å². The normalized spacial score (nSPS) is 21.2. The second-order valence-corrected chi connectivity index (χ2v) is 9.20. The molecule has 4 heteroatoms. The van der Waals surface area contributed by atoms with E-state index in [1.165, 1.54) is 47.1 Å². The van der Waals surface area contributed by atoms with Crippen LogP contribution in [0.25, 0.3) is 11.1 Å². The number of aryl methyl sites for hydroxylation is 1. The molecule has 0 saturated carbocycles. The van der Waals surface area contributed by atoms with Gasteiger partial charge < -0.3 is 18.9 Å². The maximum atomic E-state index is 6.08. The third-order valence-electron chi connectivity index (χ3n) is 6.51. The van der Waals surface area contributed by atoms with Gasteiger partial charge in [-0.15, -0.1) is 0 Å². The van der Waals surface area contributed by atoms with Gasteiger partial charge in [-0.3, -0.25) is 0 Å². The summed E-state index contributed by atoms with van der Waals surface area (Å²) in [5.74, 6) is 1.93. The summed E-state index contributed by atoms with van der Waals surface area (Å²) in [7, 11) is 0. The molecule has 2 unspecified atom stereocenters. The SMILES string of the molecule is CCCCCc1cc(C2=CCC(c3ccc(OCC4CO4)cc3)=CC2)ccc1OCC1CO1. The van der Waals surface area contributed by atoms with Crippen molar-refractivity contribution >= 4 is 11.1 Å². The summed E-state index contributed by atoms with van der Waals surface area (Å²) >= 11 is 0. The molecule has 5 rings (SSSR count). The van der Waals surface area contributed by atoms with Crippen LogP contribution in [0.2, 0.25) is 0 Å². The van der Waals surface area contributed by atoms with E-state index in [1.807, 2.05) is 0 Å². The van der Waals surface area contributed by atoms with E-state index in [1.54, 1.807) is 0 Å². The van der Waals surface area contributed by atoms with Gasteiger partial charge in [-0.1, -0.05) is 50.1 Å². The van der Waals surface area contributed by atoms with Gasteiger partial charge in [-0.25, -0.2) is 0 Å². The number of rotatable bonds is 12. The van der Waals surface area contributed by atoms with Gasteiger partial charge in [0.2, 0.25) is 0 Å². The van der Waals surface area contributed by atoms with Crippen LogP contribution in [0, 0.1) is 0 Å². The van der Waals surface area contributed by atoms with Gasteiger partial charge in [0, 0.05) is 0 Å². The van der Waals surface area contributed by atoms with Crippen LogP contribution in [-0.2, 0) is 15.9 Å². The Labute approximate surface area is 197 Å². The van der Waals surface area contributed by atoms with Crippen LogP contribution < -0.4 is 9.47 Å². The van der Waals surface area contributed by atoms with Crippen molar-refractivity contribution in [1.29, 1.82) is 0 Å². The average Bonchev–Trinajstić information content (AvgIpc) is 3.78. The monoisotopic (exact) mass is 446 g/mol. The lowest BCUT2D eigenvalue weighted by Gasteiger charge is -2.17. The number of epoxide rings is 2. The van der Waals surface area contributed by atoms with E-state index >= 15 is 0 Å². The molecule has 0 aromatic heterocycles. The van der Waals surface area contributed by atoms with E-state index in [9.17, 15) is 0 Å². The third-order valence-corrected chi connectivity index (χ3v) is 6.51. The molecule has 0 bridgehead atoms. The zero-order chi connectivity index (χ0) is 22.5. The Bertz CT molecular complexity index is 997. The lowest BCUT2D eigenvalue weighted by Crippen LogP contribution is -2.06. The summed E-state index contributed by atoms with van der Waals surface area (Å²) in [5, 5.41) is 0. The molecule has 4 nitrogen and oxygen atoms in total. The Balaban J connectivity index is 1.22. The Kier molecular flexibility index (Phi) is 7.13. The molecule has 2 fully saturated rings. The van der Waals surface area contributed by atoms with Crippen molar-refractivity contribution in [1.82, 2.24) is 0 Å². The van der Waals surface area contributed by atoms with Crippen LogP contribution >= 0.6 is 0 Å². The molecule has 33 heavy (non-hydrogen) atoms. The highest BCUT2D eigenvalue weighted by atomic mass is 16.6. The van der Waals surface area contributed by atoms with Crippen molar-refractivity contribution in [3.05, 3.63) is 71.3 Å². The highest BCUT2D eigenvalue weighted by molar-refractivity contribution is 5.78. The topological polar surface area (TPSA) is 43.5 Å². The number of allylic oxidation sites excluding steroid dienone is 4. The molecule has 0 radical (unpaired) electrons. The van der Waals surface area contributed by atoms with Crippen molar-refractivity contribution in [3.63, 3.8) is 0 Å². The first-order chi connectivity index (χ1) is 16.3. The molecular weight excluding hydrogens is 412 g/mol. The fourth-order valence-corrected chi connectivity index (χ4v) is 4.25. The molecule has 0 amide bonds. The van der Waals surface area contributed by atoms with E-state index in [-0.39, 0.29) is 12.2 Å². The number of benzene rings is 2. The Morgan fingerprint density at radius 2 is 1.42 bits per heavy atom. The molecule has 1 aliphatic carbocycles. The average molecular weight is 447 g/mol. The van der Waals surface area contributed by atoms with Crippen LogP contribution in [0.4, 0.5) is 0 Å². The van der Waals surface area contributed by atoms with Crippen molar-refractivity contribution in [3.8, 4) is 11.5 Å². The largest absolute Gasteiger partial charge is 0.491 e. The second kappa shape index (κ2) is 10.6. The van der Waals surface area contributed by atoms with Gasteiger partial charge in [-0.2, -0.15) is 0 Å².